The standard InChI is InChI=1S/C21H20Cl2N4O3/c1-28-12-5-3-10(4-6-12)18-17-16(13-7-11(22)8-15(23)19(13)29-2)14(9-24)20(25)30-21(17)27-26-18/h3-8,16-18,21,26-27H,25H2,1-2H3. The second-order valence-electron chi connectivity index (χ2n) is 7.03. The molecule has 4 rings (SSSR count). The van der Waals surface area contributed by atoms with Crippen molar-refractivity contribution in [3.8, 4) is 17.6 Å². The second kappa shape index (κ2) is 8.25. The maximum Gasteiger partial charge on any atom is 0.200 e. The Morgan fingerprint density at radius 1 is 1.10 bits per heavy atom. The largest absolute Gasteiger partial charge is 0.497 e. The van der Waals surface area contributed by atoms with Gasteiger partial charge in [0.25, 0.3) is 0 Å². The van der Waals surface area contributed by atoms with Gasteiger partial charge in [-0.05, 0) is 29.8 Å². The molecule has 9 heteroatoms. The van der Waals surface area contributed by atoms with Crippen LogP contribution < -0.4 is 26.1 Å². The third kappa shape index (κ3) is 3.42. The number of halogens is 2. The van der Waals surface area contributed by atoms with E-state index in [0.717, 1.165) is 11.3 Å². The average Bonchev–Trinajstić information content (AvgIpc) is 3.15. The lowest BCUT2D eigenvalue weighted by Crippen LogP contribution is -2.41. The molecule has 0 saturated carbocycles. The number of fused-ring (bicyclic) bond motifs is 1. The number of nitrogens with zero attached hydrogens (tertiary/aromatic N) is 1. The van der Waals surface area contributed by atoms with Gasteiger partial charge in [0.05, 0.1) is 30.9 Å². The van der Waals surface area contributed by atoms with E-state index in [0.29, 0.717) is 26.9 Å². The number of benzene rings is 2. The van der Waals surface area contributed by atoms with Gasteiger partial charge in [0, 0.05) is 22.4 Å². The van der Waals surface area contributed by atoms with Gasteiger partial charge in [0.15, 0.2) is 6.23 Å². The number of allylic oxidation sites excluding steroid dienone is 1. The number of hydrazine groups is 1. The molecule has 2 aromatic carbocycles. The maximum atomic E-state index is 9.91. The van der Waals surface area contributed by atoms with Gasteiger partial charge in [0.1, 0.15) is 17.6 Å². The summed E-state index contributed by atoms with van der Waals surface area (Å²) in [5, 5.41) is 10.7. The molecular weight excluding hydrogens is 427 g/mol. The SMILES string of the molecule is COc1ccc(C2NNC3OC(N)=C(C#N)C(c4cc(Cl)cc(Cl)c4OC)C32)cc1. The number of rotatable bonds is 4. The highest BCUT2D eigenvalue weighted by Crippen LogP contribution is 2.51. The summed E-state index contributed by atoms with van der Waals surface area (Å²) in [6, 6.07) is 13.1. The smallest absolute Gasteiger partial charge is 0.200 e. The Morgan fingerprint density at radius 3 is 2.47 bits per heavy atom. The van der Waals surface area contributed by atoms with E-state index in [2.05, 4.69) is 16.9 Å². The van der Waals surface area contributed by atoms with Gasteiger partial charge >= 0.3 is 0 Å². The number of nitrogens with two attached hydrogens (primary N) is 1. The van der Waals surface area contributed by atoms with Gasteiger partial charge < -0.3 is 19.9 Å². The zero-order valence-corrected chi connectivity index (χ0v) is 17.8. The van der Waals surface area contributed by atoms with Crippen molar-refractivity contribution in [2.24, 2.45) is 11.7 Å². The minimum atomic E-state index is -0.471. The van der Waals surface area contributed by atoms with Crippen LogP contribution in [0.2, 0.25) is 10.0 Å². The zero-order chi connectivity index (χ0) is 21.4. The maximum absolute atomic E-state index is 9.91. The molecule has 1 saturated heterocycles. The van der Waals surface area contributed by atoms with Crippen molar-refractivity contribution >= 4 is 23.2 Å². The van der Waals surface area contributed by atoms with Gasteiger partial charge in [-0.3, -0.25) is 0 Å². The lowest BCUT2D eigenvalue weighted by atomic mass is 9.74. The first-order valence-corrected chi connectivity index (χ1v) is 9.98. The molecule has 0 aliphatic carbocycles. The molecular formula is C21H20Cl2N4O3. The van der Waals surface area contributed by atoms with Gasteiger partial charge in [0.2, 0.25) is 5.88 Å². The van der Waals surface area contributed by atoms with E-state index < -0.39 is 12.1 Å². The molecule has 156 valence electrons. The normalized spacial score (nSPS) is 25.3. The summed E-state index contributed by atoms with van der Waals surface area (Å²) in [7, 11) is 3.15. The summed E-state index contributed by atoms with van der Waals surface area (Å²) < 4.78 is 16.7. The number of hydrogen-bond donors (Lipinski definition) is 3. The Kier molecular flexibility index (Phi) is 5.67. The predicted octanol–water partition coefficient (Wildman–Crippen LogP) is 3.61. The zero-order valence-electron chi connectivity index (χ0n) is 16.3. The molecule has 7 nitrogen and oxygen atoms in total. The lowest BCUT2D eigenvalue weighted by Gasteiger charge is -2.36. The van der Waals surface area contributed by atoms with Crippen LogP contribution in [0.4, 0.5) is 0 Å². The monoisotopic (exact) mass is 446 g/mol. The van der Waals surface area contributed by atoms with Gasteiger partial charge in [-0.25, -0.2) is 10.9 Å². The fraction of sp³-hybridized carbons (Fsp3) is 0.286. The average molecular weight is 447 g/mol. The summed E-state index contributed by atoms with van der Waals surface area (Å²) in [6.45, 7) is 0. The van der Waals surface area contributed by atoms with Crippen LogP contribution in [-0.4, -0.2) is 20.4 Å². The van der Waals surface area contributed by atoms with E-state index in [1.807, 2.05) is 24.3 Å². The van der Waals surface area contributed by atoms with Crippen LogP contribution in [0.15, 0.2) is 47.9 Å². The first kappa shape index (κ1) is 20.6. The van der Waals surface area contributed by atoms with Crippen molar-refractivity contribution in [1.82, 2.24) is 10.9 Å². The van der Waals surface area contributed by atoms with Crippen molar-refractivity contribution in [2.75, 3.05) is 14.2 Å². The summed E-state index contributed by atoms with van der Waals surface area (Å²) in [6.07, 6.45) is -0.471. The molecule has 2 aliphatic rings. The van der Waals surface area contributed by atoms with E-state index >= 15 is 0 Å². The van der Waals surface area contributed by atoms with Gasteiger partial charge in [-0.15, -0.1) is 0 Å². The fourth-order valence-corrected chi connectivity index (χ4v) is 4.78. The Labute approximate surface area is 184 Å². The van der Waals surface area contributed by atoms with Gasteiger partial charge in [-0.2, -0.15) is 5.26 Å². The predicted molar refractivity (Wildman–Crippen MR) is 113 cm³/mol. The molecule has 0 amide bonds. The molecule has 0 aromatic heterocycles. The highest BCUT2D eigenvalue weighted by atomic mass is 35.5. The van der Waals surface area contributed by atoms with Crippen LogP contribution in [-0.2, 0) is 4.74 Å². The van der Waals surface area contributed by atoms with Crippen molar-refractivity contribution in [1.29, 1.82) is 5.26 Å². The molecule has 0 radical (unpaired) electrons. The molecule has 1 fully saturated rings. The first-order chi connectivity index (χ1) is 14.5. The van der Waals surface area contributed by atoms with Gasteiger partial charge in [-0.1, -0.05) is 35.3 Å². The van der Waals surface area contributed by atoms with Crippen LogP contribution >= 0.6 is 23.2 Å². The van der Waals surface area contributed by atoms with E-state index in [4.69, 9.17) is 43.1 Å². The van der Waals surface area contributed by atoms with E-state index in [1.54, 1.807) is 19.2 Å². The van der Waals surface area contributed by atoms with Crippen molar-refractivity contribution in [3.05, 3.63) is 69.0 Å². The van der Waals surface area contributed by atoms with Crippen LogP contribution in [0.3, 0.4) is 0 Å². The van der Waals surface area contributed by atoms with Crippen molar-refractivity contribution < 1.29 is 14.2 Å². The Morgan fingerprint density at radius 2 is 1.83 bits per heavy atom. The molecule has 30 heavy (non-hydrogen) atoms. The molecule has 4 atom stereocenters. The van der Waals surface area contributed by atoms with Crippen LogP contribution in [0.1, 0.15) is 23.1 Å². The molecule has 2 aromatic rings. The Hall–Kier alpha value is -2.63. The number of ether oxygens (including phenoxy) is 3. The molecule has 0 spiro atoms. The minimum absolute atomic E-state index is 0.0616. The number of nitriles is 1. The Bertz CT molecular complexity index is 1040. The second-order valence-corrected chi connectivity index (χ2v) is 7.88. The quantitative estimate of drug-likeness (QED) is 0.658. The van der Waals surface area contributed by atoms with Crippen molar-refractivity contribution in [3.63, 3.8) is 0 Å². The summed E-state index contributed by atoms with van der Waals surface area (Å²) in [4.78, 5) is 0. The first-order valence-electron chi connectivity index (χ1n) is 9.22. The molecule has 4 N–H and O–H groups in total. The van der Waals surface area contributed by atoms with E-state index in [9.17, 15) is 5.26 Å². The summed E-state index contributed by atoms with van der Waals surface area (Å²) in [5.74, 6) is 0.570. The highest BCUT2D eigenvalue weighted by molar-refractivity contribution is 6.35. The molecule has 2 heterocycles. The minimum Gasteiger partial charge on any atom is -0.497 e. The fourth-order valence-electron chi connectivity index (χ4n) is 4.19. The van der Waals surface area contributed by atoms with Crippen molar-refractivity contribution in [2.45, 2.75) is 18.2 Å². The van der Waals surface area contributed by atoms with Crippen LogP contribution in [0, 0.1) is 17.2 Å². The molecule has 2 aliphatic heterocycles. The third-order valence-corrected chi connectivity index (χ3v) is 6.00. The van der Waals surface area contributed by atoms with E-state index in [-0.39, 0.29) is 17.8 Å². The summed E-state index contributed by atoms with van der Waals surface area (Å²) in [5.41, 5.74) is 14.5. The number of nitrogens with one attached hydrogen (secondary N) is 2. The van der Waals surface area contributed by atoms with Crippen LogP contribution in [0.5, 0.6) is 11.5 Å². The van der Waals surface area contributed by atoms with Crippen LogP contribution in [0.25, 0.3) is 0 Å². The lowest BCUT2D eigenvalue weighted by molar-refractivity contribution is 0.0337. The molecule has 0 bridgehead atoms. The topological polar surface area (TPSA) is 102 Å². The third-order valence-electron chi connectivity index (χ3n) is 5.50. The number of hydrogen-bond acceptors (Lipinski definition) is 7. The summed E-state index contributed by atoms with van der Waals surface area (Å²) >= 11 is 12.7. The number of methoxy groups -OCH3 is 2. The Balaban J connectivity index is 1.87. The van der Waals surface area contributed by atoms with E-state index in [1.165, 1.54) is 7.11 Å². The molecule has 4 unspecified atom stereocenters. The highest BCUT2D eigenvalue weighted by Gasteiger charge is 2.50.